The summed E-state index contributed by atoms with van der Waals surface area (Å²) in [5, 5.41) is 1.43. The van der Waals surface area contributed by atoms with E-state index in [9.17, 15) is 4.79 Å². The highest BCUT2D eigenvalue weighted by atomic mass is 35.5. The number of nitrogens with zero attached hydrogens (tertiary/aromatic N) is 1. The van der Waals surface area contributed by atoms with Gasteiger partial charge >= 0.3 is 5.97 Å². The number of para-hydroxylation sites is 1. The Hall–Kier alpha value is -3.17. The first-order valence-electron chi connectivity index (χ1n) is 10.2. The average molecular weight is 430 g/mol. The number of esters is 1. The fourth-order valence-corrected chi connectivity index (χ4v) is 4.29. The Bertz CT molecular complexity index is 1320. The molecule has 0 unspecified atom stereocenters. The first-order chi connectivity index (χ1) is 14.8. The Balaban J connectivity index is 1.98. The van der Waals surface area contributed by atoms with E-state index in [-0.39, 0.29) is 5.97 Å². The number of benzene rings is 3. The van der Waals surface area contributed by atoms with Gasteiger partial charge in [-0.3, -0.25) is 0 Å². The summed E-state index contributed by atoms with van der Waals surface area (Å²) in [6, 6.07) is 17.5. The molecule has 0 aliphatic heterocycles. The van der Waals surface area contributed by atoms with E-state index >= 15 is 0 Å². The number of ether oxygens (including phenoxy) is 1. The van der Waals surface area contributed by atoms with E-state index in [0.717, 1.165) is 50.0 Å². The van der Waals surface area contributed by atoms with Gasteiger partial charge in [-0.25, -0.2) is 9.78 Å². The molecule has 0 atom stereocenters. The summed E-state index contributed by atoms with van der Waals surface area (Å²) < 4.78 is 5.95. The summed E-state index contributed by atoms with van der Waals surface area (Å²) in [7, 11) is 0. The van der Waals surface area contributed by atoms with Gasteiger partial charge in [0, 0.05) is 16.0 Å². The second-order valence-corrected chi connectivity index (χ2v) is 8.50. The second kappa shape index (κ2) is 8.16. The van der Waals surface area contributed by atoms with Crippen molar-refractivity contribution in [1.29, 1.82) is 0 Å². The fraction of sp³-hybridized carbons (Fsp3) is 0.185. The van der Waals surface area contributed by atoms with E-state index in [1.54, 1.807) is 0 Å². The molecule has 31 heavy (non-hydrogen) atoms. The molecule has 0 amide bonds. The van der Waals surface area contributed by atoms with Gasteiger partial charge in [0.05, 0.1) is 16.8 Å². The summed E-state index contributed by atoms with van der Waals surface area (Å²) >= 11 is 6.24. The molecule has 0 aliphatic rings. The predicted molar refractivity (Wildman–Crippen MR) is 127 cm³/mol. The molecule has 0 fully saturated rings. The third-order valence-electron chi connectivity index (χ3n) is 5.57. The maximum absolute atomic E-state index is 13.6. The molecule has 4 aromatic rings. The minimum Gasteiger partial charge on any atom is -0.422 e. The second-order valence-electron chi connectivity index (χ2n) is 8.06. The Kier molecular flexibility index (Phi) is 5.55. The number of aromatic nitrogens is 1. The summed E-state index contributed by atoms with van der Waals surface area (Å²) in [6.45, 7) is 9.84. The molecule has 3 aromatic carbocycles. The van der Waals surface area contributed by atoms with Gasteiger partial charge in [-0.1, -0.05) is 53.6 Å². The minimum atomic E-state index is -0.379. The van der Waals surface area contributed by atoms with Crippen molar-refractivity contribution in [1.82, 2.24) is 4.98 Å². The predicted octanol–water partition coefficient (Wildman–Crippen LogP) is 7.32. The quantitative estimate of drug-likeness (QED) is 0.253. The lowest BCUT2D eigenvalue weighted by Crippen LogP contribution is -2.14. The molecule has 0 bridgehead atoms. The van der Waals surface area contributed by atoms with Crippen LogP contribution in [0.2, 0.25) is 5.02 Å². The van der Waals surface area contributed by atoms with Crippen LogP contribution in [0.1, 0.15) is 38.2 Å². The third-order valence-corrected chi connectivity index (χ3v) is 5.81. The van der Waals surface area contributed by atoms with Crippen LogP contribution >= 0.6 is 11.6 Å². The number of hydrogen-bond donors (Lipinski definition) is 0. The number of fused-ring (bicyclic) bond motifs is 1. The molecular formula is C27H24ClNO2. The maximum Gasteiger partial charge on any atom is 0.344 e. The van der Waals surface area contributed by atoms with Crippen molar-refractivity contribution in [2.75, 3.05) is 0 Å². The van der Waals surface area contributed by atoms with Crippen LogP contribution in [0.5, 0.6) is 5.75 Å². The first-order valence-corrected chi connectivity index (χ1v) is 10.6. The summed E-state index contributed by atoms with van der Waals surface area (Å²) in [6.07, 6.45) is 0. The summed E-state index contributed by atoms with van der Waals surface area (Å²) in [4.78, 5) is 18.5. The molecule has 0 radical (unpaired) electrons. The van der Waals surface area contributed by atoms with Crippen LogP contribution < -0.4 is 4.74 Å². The van der Waals surface area contributed by atoms with Crippen LogP contribution in [0.25, 0.3) is 22.2 Å². The van der Waals surface area contributed by atoms with Crippen molar-refractivity contribution in [3.63, 3.8) is 0 Å². The van der Waals surface area contributed by atoms with Gasteiger partial charge in [-0.05, 0) is 75.1 Å². The van der Waals surface area contributed by atoms with Crippen LogP contribution in [-0.2, 0) is 0 Å². The van der Waals surface area contributed by atoms with Crippen molar-refractivity contribution >= 4 is 28.5 Å². The van der Waals surface area contributed by atoms with Crippen LogP contribution in [0, 0.1) is 34.6 Å². The molecule has 0 spiro atoms. The zero-order valence-electron chi connectivity index (χ0n) is 18.3. The zero-order chi connectivity index (χ0) is 22.3. The van der Waals surface area contributed by atoms with Crippen molar-refractivity contribution in [2.24, 2.45) is 0 Å². The SMILES string of the molecule is Cc1cc(C)c2nc(-c3cccc(Cl)c3)c(C)c(C(=O)Oc3c(C)cccc3C)c2c1. The Labute approximate surface area is 187 Å². The largest absolute Gasteiger partial charge is 0.422 e. The van der Waals surface area contributed by atoms with Crippen molar-refractivity contribution < 1.29 is 9.53 Å². The van der Waals surface area contributed by atoms with Gasteiger partial charge in [-0.15, -0.1) is 0 Å². The minimum absolute atomic E-state index is 0.379. The van der Waals surface area contributed by atoms with Crippen molar-refractivity contribution in [3.05, 3.63) is 93.0 Å². The highest BCUT2D eigenvalue weighted by molar-refractivity contribution is 6.30. The zero-order valence-corrected chi connectivity index (χ0v) is 19.1. The van der Waals surface area contributed by atoms with Crippen molar-refractivity contribution in [2.45, 2.75) is 34.6 Å². The van der Waals surface area contributed by atoms with E-state index in [1.807, 2.05) is 83.1 Å². The van der Waals surface area contributed by atoms with Gasteiger partial charge in [-0.2, -0.15) is 0 Å². The lowest BCUT2D eigenvalue weighted by atomic mass is 9.95. The summed E-state index contributed by atoms with van der Waals surface area (Å²) in [5.41, 5.74) is 7.63. The fourth-order valence-electron chi connectivity index (χ4n) is 4.10. The third kappa shape index (κ3) is 3.94. The van der Waals surface area contributed by atoms with Crippen LogP contribution in [0.4, 0.5) is 0 Å². The monoisotopic (exact) mass is 429 g/mol. The lowest BCUT2D eigenvalue weighted by molar-refractivity contribution is 0.0733. The Morgan fingerprint density at radius 2 is 1.55 bits per heavy atom. The molecule has 0 saturated heterocycles. The summed E-state index contributed by atoms with van der Waals surface area (Å²) in [5.74, 6) is 0.223. The number of aryl methyl sites for hydroxylation is 4. The molecule has 4 heteroatoms. The van der Waals surface area contributed by atoms with E-state index in [0.29, 0.717) is 16.3 Å². The molecule has 1 aromatic heterocycles. The molecule has 1 heterocycles. The van der Waals surface area contributed by atoms with Crippen LogP contribution in [0.3, 0.4) is 0 Å². The van der Waals surface area contributed by atoms with E-state index < -0.39 is 0 Å². The van der Waals surface area contributed by atoms with Gasteiger partial charge in [0.1, 0.15) is 5.75 Å². The molecule has 4 rings (SSSR count). The highest BCUT2D eigenvalue weighted by Gasteiger charge is 2.23. The van der Waals surface area contributed by atoms with Crippen molar-refractivity contribution in [3.8, 4) is 17.0 Å². The number of halogens is 1. The van der Waals surface area contributed by atoms with Gasteiger partial charge in [0.15, 0.2) is 0 Å². The first kappa shape index (κ1) is 21.1. The Morgan fingerprint density at radius 3 is 2.23 bits per heavy atom. The highest BCUT2D eigenvalue weighted by Crippen LogP contribution is 2.34. The molecule has 0 aliphatic carbocycles. The Morgan fingerprint density at radius 1 is 0.871 bits per heavy atom. The number of pyridine rings is 1. The maximum atomic E-state index is 13.6. The van der Waals surface area contributed by atoms with Crippen LogP contribution in [-0.4, -0.2) is 11.0 Å². The molecule has 0 saturated carbocycles. The normalized spacial score (nSPS) is 11.0. The number of rotatable bonds is 3. The molecule has 156 valence electrons. The van der Waals surface area contributed by atoms with Gasteiger partial charge < -0.3 is 4.74 Å². The molecule has 3 nitrogen and oxygen atoms in total. The molecular weight excluding hydrogens is 406 g/mol. The van der Waals surface area contributed by atoms with Gasteiger partial charge in [0.2, 0.25) is 0 Å². The number of carbonyl (C=O) groups excluding carboxylic acids is 1. The van der Waals surface area contributed by atoms with E-state index in [2.05, 4.69) is 6.07 Å². The van der Waals surface area contributed by atoms with E-state index in [4.69, 9.17) is 21.3 Å². The van der Waals surface area contributed by atoms with Crippen LogP contribution in [0.15, 0.2) is 54.6 Å². The van der Waals surface area contributed by atoms with E-state index in [1.165, 1.54) is 0 Å². The topological polar surface area (TPSA) is 39.2 Å². The smallest absolute Gasteiger partial charge is 0.344 e. The number of carbonyl (C=O) groups is 1. The van der Waals surface area contributed by atoms with Gasteiger partial charge in [0.25, 0.3) is 0 Å². The number of hydrogen-bond acceptors (Lipinski definition) is 3. The standard InChI is InChI=1S/C27H24ClNO2/c1-15-12-18(4)24-22(13-15)23(27(30)31-26-16(2)8-6-9-17(26)3)19(5)25(29-24)20-10-7-11-21(28)14-20/h6-14H,1-5H3. The average Bonchev–Trinajstić information content (AvgIpc) is 2.70. The lowest BCUT2D eigenvalue weighted by Gasteiger charge is -2.17. The molecule has 0 N–H and O–H groups in total.